The number of amides is 1. The molecule has 8 nitrogen and oxygen atoms in total. The number of fused-ring (bicyclic) bond motifs is 2. The number of carbonyl (C=O) groups is 1. The van der Waals surface area contributed by atoms with Crippen LogP contribution in [0.3, 0.4) is 0 Å². The van der Waals surface area contributed by atoms with E-state index < -0.39 is 10.0 Å². The molecule has 0 spiro atoms. The minimum Gasteiger partial charge on any atom is -0.495 e. The fourth-order valence-corrected chi connectivity index (χ4v) is 5.74. The van der Waals surface area contributed by atoms with Gasteiger partial charge in [0.05, 0.1) is 12.8 Å². The molecule has 136 valence electrons. The molecule has 1 aliphatic carbocycles. The Bertz CT molecular complexity index is 825. The number of rotatable bonds is 3. The first-order valence-corrected chi connectivity index (χ1v) is 9.74. The van der Waals surface area contributed by atoms with Crippen LogP contribution in [0.15, 0.2) is 17.0 Å². The number of hydrogen-bond donors (Lipinski definition) is 2. The number of nitrogens with two attached hydrogens (primary N) is 1. The maximum atomic E-state index is 13.2. The van der Waals surface area contributed by atoms with Crippen molar-refractivity contribution in [2.24, 2.45) is 17.6 Å². The van der Waals surface area contributed by atoms with E-state index in [0.29, 0.717) is 30.4 Å². The van der Waals surface area contributed by atoms with Crippen LogP contribution in [0.25, 0.3) is 0 Å². The lowest BCUT2D eigenvalue weighted by Gasteiger charge is -2.23. The number of methoxy groups -OCH3 is 1. The molecule has 1 amide bonds. The molecule has 1 saturated heterocycles. The lowest BCUT2D eigenvalue weighted by Crippen LogP contribution is -2.34. The van der Waals surface area contributed by atoms with Gasteiger partial charge >= 0.3 is 0 Å². The van der Waals surface area contributed by atoms with Crippen molar-refractivity contribution in [3.05, 3.63) is 12.1 Å². The van der Waals surface area contributed by atoms with Gasteiger partial charge in [-0.1, -0.05) is 0 Å². The van der Waals surface area contributed by atoms with E-state index in [4.69, 9.17) is 15.2 Å². The molecule has 4 rings (SSSR count). The maximum absolute atomic E-state index is 13.2. The van der Waals surface area contributed by atoms with Crippen LogP contribution in [-0.2, 0) is 14.8 Å². The lowest BCUT2D eigenvalue weighted by molar-refractivity contribution is -0.118. The average Bonchev–Trinajstić information content (AvgIpc) is 3.16. The molecular formula is C16H21N3O5S. The van der Waals surface area contributed by atoms with Gasteiger partial charge in [0.2, 0.25) is 10.0 Å². The van der Waals surface area contributed by atoms with E-state index in [0.717, 1.165) is 12.8 Å². The average molecular weight is 367 g/mol. The largest absolute Gasteiger partial charge is 0.495 e. The number of nitrogens with zero attached hydrogens (tertiary/aromatic N) is 1. The van der Waals surface area contributed by atoms with Gasteiger partial charge in [0.15, 0.2) is 6.61 Å². The quantitative estimate of drug-likeness (QED) is 0.799. The number of nitrogens with one attached hydrogen (secondary N) is 1. The fraction of sp³-hybridized carbons (Fsp3) is 0.562. The first-order chi connectivity index (χ1) is 11.9. The molecule has 0 aromatic heterocycles. The van der Waals surface area contributed by atoms with E-state index >= 15 is 0 Å². The molecule has 2 aliphatic heterocycles. The third-order valence-corrected chi connectivity index (χ3v) is 7.25. The van der Waals surface area contributed by atoms with E-state index in [1.165, 1.54) is 23.5 Å². The lowest BCUT2D eigenvalue weighted by atomic mass is 9.98. The second-order valence-electron chi connectivity index (χ2n) is 6.82. The highest BCUT2D eigenvalue weighted by Crippen LogP contribution is 2.42. The van der Waals surface area contributed by atoms with Crippen molar-refractivity contribution in [3.8, 4) is 11.5 Å². The summed E-state index contributed by atoms with van der Waals surface area (Å²) in [5, 5.41) is 2.65. The molecule has 3 N–H and O–H groups in total. The monoisotopic (exact) mass is 367 g/mol. The third-order valence-electron chi connectivity index (χ3n) is 5.40. The Balaban J connectivity index is 1.70. The second kappa shape index (κ2) is 5.86. The molecule has 2 fully saturated rings. The second-order valence-corrected chi connectivity index (χ2v) is 8.73. The summed E-state index contributed by atoms with van der Waals surface area (Å²) in [5.41, 5.74) is 6.53. The summed E-state index contributed by atoms with van der Waals surface area (Å²) in [6, 6.07) is 2.98. The van der Waals surface area contributed by atoms with Gasteiger partial charge in [-0.05, 0) is 24.7 Å². The van der Waals surface area contributed by atoms with Crippen molar-refractivity contribution in [2.75, 3.05) is 32.1 Å². The van der Waals surface area contributed by atoms with Crippen molar-refractivity contribution < 1.29 is 22.7 Å². The number of ether oxygens (including phenoxy) is 2. The van der Waals surface area contributed by atoms with Crippen molar-refractivity contribution in [1.29, 1.82) is 0 Å². The summed E-state index contributed by atoms with van der Waals surface area (Å²) in [6.07, 6.45) is 1.92. The van der Waals surface area contributed by atoms with Gasteiger partial charge in [-0.3, -0.25) is 4.79 Å². The van der Waals surface area contributed by atoms with Crippen molar-refractivity contribution >= 4 is 21.6 Å². The number of hydrogen-bond acceptors (Lipinski definition) is 6. The highest BCUT2D eigenvalue weighted by Gasteiger charge is 2.45. The zero-order valence-corrected chi connectivity index (χ0v) is 14.7. The van der Waals surface area contributed by atoms with Gasteiger partial charge in [-0.25, -0.2) is 8.42 Å². The molecule has 0 radical (unpaired) electrons. The summed E-state index contributed by atoms with van der Waals surface area (Å²) in [4.78, 5) is 11.5. The van der Waals surface area contributed by atoms with Crippen LogP contribution in [0.1, 0.15) is 12.8 Å². The Hall–Kier alpha value is -1.84. The first-order valence-electron chi connectivity index (χ1n) is 8.30. The summed E-state index contributed by atoms with van der Waals surface area (Å²) < 4.78 is 38.4. The van der Waals surface area contributed by atoms with Crippen LogP contribution in [0.4, 0.5) is 5.69 Å². The number of anilines is 1. The van der Waals surface area contributed by atoms with Crippen LogP contribution in [0.2, 0.25) is 0 Å². The van der Waals surface area contributed by atoms with Crippen LogP contribution < -0.4 is 20.5 Å². The molecule has 3 atom stereocenters. The van der Waals surface area contributed by atoms with E-state index in [9.17, 15) is 13.2 Å². The maximum Gasteiger partial charge on any atom is 0.262 e. The predicted molar refractivity (Wildman–Crippen MR) is 90.1 cm³/mol. The Morgan fingerprint density at radius 3 is 2.84 bits per heavy atom. The zero-order valence-electron chi connectivity index (χ0n) is 13.9. The Morgan fingerprint density at radius 2 is 2.12 bits per heavy atom. The molecule has 9 heteroatoms. The topological polar surface area (TPSA) is 111 Å². The molecule has 1 aromatic rings. The minimum atomic E-state index is -3.73. The van der Waals surface area contributed by atoms with Crippen molar-refractivity contribution in [3.63, 3.8) is 0 Å². The standard InChI is InChI=1S/C16H21N3O5S/c1-23-14-4-12-13(24-8-16(20)18-12)5-15(14)25(21,22)19-6-9-2-3-11(17)10(9)7-19/h4-5,9-11H,2-3,6-8,17H2,1H3,(H,18,20). The van der Waals surface area contributed by atoms with Gasteiger partial charge < -0.3 is 20.5 Å². The molecule has 1 aromatic carbocycles. The van der Waals surface area contributed by atoms with E-state index in [2.05, 4.69) is 5.32 Å². The molecule has 25 heavy (non-hydrogen) atoms. The number of benzene rings is 1. The fourth-order valence-electron chi connectivity index (χ4n) is 4.05. The van der Waals surface area contributed by atoms with E-state index in [1.807, 2.05) is 0 Å². The summed E-state index contributed by atoms with van der Waals surface area (Å²) in [6.45, 7) is 0.784. The van der Waals surface area contributed by atoms with E-state index in [1.54, 1.807) is 0 Å². The summed E-state index contributed by atoms with van der Waals surface area (Å²) in [5.74, 6) is 0.769. The predicted octanol–water partition coefficient (Wildman–Crippen LogP) is 0.384. The third kappa shape index (κ3) is 2.66. The molecule has 1 saturated carbocycles. The normalized spacial score (nSPS) is 28.9. The number of sulfonamides is 1. The van der Waals surface area contributed by atoms with Gasteiger partial charge in [0.1, 0.15) is 16.4 Å². The highest BCUT2D eigenvalue weighted by molar-refractivity contribution is 7.89. The van der Waals surface area contributed by atoms with Gasteiger partial charge in [0, 0.05) is 31.3 Å². The van der Waals surface area contributed by atoms with Crippen molar-refractivity contribution in [2.45, 2.75) is 23.8 Å². The Morgan fingerprint density at radius 1 is 1.32 bits per heavy atom. The molecular weight excluding hydrogens is 346 g/mol. The Labute approximate surface area is 146 Å². The highest BCUT2D eigenvalue weighted by atomic mass is 32.2. The number of carbonyl (C=O) groups excluding carboxylic acids is 1. The summed E-state index contributed by atoms with van der Waals surface area (Å²) >= 11 is 0. The Kier molecular flexibility index (Phi) is 3.89. The van der Waals surface area contributed by atoms with Gasteiger partial charge in [0.25, 0.3) is 5.91 Å². The van der Waals surface area contributed by atoms with Crippen LogP contribution in [-0.4, -0.2) is 51.5 Å². The van der Waals surface area contributed by atoms with Crippen LogP contribution >= 0.6 is 0 Å². The molecule has 0 bridgehead atoms. The molecule has 2 heterocycles. The smallest absolute Gasteiger partial charge is 0.262 e. The van der Waals surface area contributed by atoms with Gasteiger partial charge in [-0.15, -0.1) is 0 Å². The molecule has 3 aliphatic rings. The SMILES string of the molecule is COc1cc2c(cc1S(=O)(=O)N1CC3CCC(N)C3C1)OCC(=O)N2. The van der Waals surface area contributed by atoms with Crippen molar-refractivity contribution in [1.82, 2.24) is 4.31 Å². The van der Waals surface area contributed by atoms with Crippen LogP contribution in [0.5, 0.6) is 11.5 Å². The zero-order chi connectivity index (χ0) is 17.8. The van der Waals surface area contributed by atoms with Crippen LogP contribution in [0, 0.1) is 11.8 Å². The first kappa shape index (κ1) is 16.6. The minimum absolute atomic E-state index is 0.0541. The summed E-state index contributed by atoms with van der Waals surface area (Å²) in [7, 11) is -2.33. The van der Waals surface area contributed by atoms with Gasteiger partial charge in [-0.2, -0.15) is 4.31 Å². The molecule has 3 unspecified atom stereocenters. The van der Waals surface area contributed by atoms with E-state index in [-0.39, 0.29) is 35.1 Å².